The van der Waals surface area contributed by atoms with Crippen LogP contribution in [0.1, 0.15) is 51.6 Å². The molecule has 1 N–H and O–H groups in total. The second-order valence-corrected chi connectivity index (χ2v) is 6.51. The highest BCUT2D eigenvalue weighted by molar-refractivity contribution is 6.10. The van der Waals surface area contributed by atoms with E-state index in [1.807, 2.05) is 42.5 Å². The summed E-state index contributed by atoms with van der Waals surface area (Å²) in [6.07, 6.45) is 0. The Hall–Kier alpha value is -3.20. The fourth-order valence-corrected chi connectivity index (χ4v) is 2.71. The number of rotatable bonds is 5. The molecule has 0 radical (unpaired) electrons. The van der Waals surface area contributed by atoms with Crippen LogP contribution in [0.5, 0.6) is 0 Å². The highest BCUT2D eigenvalue weighted by Gasteiger charge is 2.11. The van der Waals surface area contributed by atoms with Gasteiger partial charge in [-0.2, -0.15) is 0 Å². The van der Waals surface area contributed by atoms with Gasteiger partial charge in [-0.15, -0.1) is 0 Å². The molecule has 3 nitrogen and oxygen atoms in total. The van der Waals surface area contributed by atoms with Gasteiger partial charge in [-0.1, -0.05) is 68.4 Å². The Kier molecular flexibility index (Phi) is 5.28. The Morgan fingerprint density at radius 1 is 0.731 bits per heavy atom. The first-order valence-electron chi connectivity index (χ1n) is 8.66. The van der Waals surface area contributed by atoms with Gasteiger partial charge in [-0.25, -0.2) is 0 Å². The monoisotopic (exact) mass is 343 g/mol. The number of amides is 1. The minimum Gasteiger partial charge on any atom is -0.322 e. The minimum atomic E-state index is -0.190. The summed E-state index contributed by atoms with van der Waals surface area (Å²) in [5.74, 6) is 0.155. The molecule has 0 aliphatic heterocycles. The molecule has 0 unspecified atom stereocenters. The lowest BCUT2D eigenvalue weighted by Crippen LogP contribution is -2.12. The van der Waals surface area contributed by atoms with Gasteiger partial charge in [-0.05, 0) is 35.7 Å². The fraction of sp³-hybridized carbons (Fsp3) is 0.130. The number of anilines is 1. The van der Waals surface area contributed by atoms with Gasteiger partial charge >= 0.3 is 0 Å². The van der Waals surface area contributed by atoms with Crippen molar-refractivity contribution in [2.45, 2.75) is 19.8 Å². The van der Waals surface area contributed by atoms with Crippen LogP contribution in [0.4, 0.5) is 5.69 Å². The van der Waals surface area contributed by atoms with Gasteiger partial charge in [0, 0.05) is 22.4 Å². The highest BCUT2D eigenvalue weighted by atomic mass is 16.1. The molecule has 0 bridgehead atoms. The third-order valence-corrected chi connectivity index (χ3v) is 4.26. The van der Waals surface area contributed by atoms with Crippen molar-refractivity contribution in [2.24, 2.45) is 0 Å². The van der Waals surface area contributed by atoms with E-state index in [-0.39, 0.29) is 11.7 Å². The second kappa shape index (κ2) is 7.79. The van der Waals surface area contributed by atoms with Crippen molar-refractivity contribution in [1.29, 1.82) is 0 Å². The number of benzene rings is 3. The fourth-order valence-electron chi connectivity index (χ4n) is 2.71. The largest absolute Gasteiger partial charge is 0.322 e. The van der Waals surface area contributed by atoms with Crippen LogP contribution in [0, 0.1) is 0 Å². The summed E-state index contributed by atoms with van der Waals surface area (Å²) < 4.78 is 0. The minimum absolute atomic E-state index is 0.0535. The summed E-state index contributed by atoms with van der Waals surface area (Å²) in [6, 6.07) is 23.7. The lowest BCUT2D eigenvalue weighted by atomic mass is 10.0. The maximum Gasteiger partial charge on any atom is 0.255 e. The maximum absolute atomic E-state index is 12.5. The Morgan fingerprint density at radius 2 is 1.35 bits per heavy atom. The predicted molar refractivity (Wildman–Crippen MR) is 105 cm³/mol. The molecule has 3 aromatic carbocycles. The average molecular weight is 343 g/mol. The first kappa shape index (κ1) is 17.6. The Labute approximate surface area is 153 Å². The highest BCUT2D eigenvalue weighted by Crippen LogP contribution is 2.19. The van der Waals surface area contributed by atoms with Gasteiger partial charge < -0.3 is 5.32 Å². The normalized spacial score (nSPS) is 10.6. The van der Waals surface area contributed by atoms with Gasteiger partial charge in [0.05, 0.1) is 0 Å². The van der Waals surface area contributed by atoms with E-state index in [0.717, 1.165) is 5.69 Å². The first-order chi connectivity index (χ1) is 12.5. The predicted octanol–water partition coefficient (Wildman–Crippen LogP) is 5.29. The number of hydrogen-bond acceptors (Lipinski definition) is 2. The molecule has 0 aliphatic carbocycles. The van der Waals surface area contributed by atoms with Gasteiger partial charge in [-0.3, -0.25) is 9.59 Å². The van der Waals surface area contributed by atoms with Crippen molar-refractivity contribution >= 4 is 17.4 Å². The zero-order chi connectivity index (χ0) is 18.5. The van der Waals surface area contributed by atoms with Crippen molar-refractivity contribution in [3.05, 3.63) is 101 Å². The summed E-state index contributed by atoms with van der Waals surface area (Å²) in [5, 5.41) is 2.91. The van der Waals surface area contributed by atoms with Crippen molar-refractivity contribution in [3.63, 3.8) is 0 Å². The molecule has 0 aromatic heterocycles. The molecule has 0 aliphatic rings. The standard InChI is InChI=1S/C23H21NO2/c1-16(2)20-9-6-10-21(15-20)24-23(26)19-13-11-18(12-14-19)22(25)17-7-4-3-5-8-17/h3-16H,1-2H3,(H,24,26). The second-order valence-electron chi connectivity index (χ2n) is 6.51. The molecule has 3 rings (SSSR count). The van der Waals surface area contributed by atoms with E-state index >= 15 is 0 Å². The van der Waals surface area contributed by atoms with Crippen molar-refractivity contribution in [1.82, 2.24) is 0 Å². The third kappa shape index (κ3) is 4.06. The lowest BCUT2D eigenvalue weighted by molar-refractivity contribution is 0.102. The van der Waals surface area contributed by atoms with E-state index in [1.54, 1.807) is 36.4 Å². The molecule has 0 saturated heterocycles. The van der Waals surface area contributed by atoms with Gasteiger partial charge in [0.2, 0.25) is 0 Å². The zero-order valence-corrected chi connectivity index (χ0v) is 14.9. The number of hydrogen-bond donors (Lipinski definition) is 1. The molecule has 0 saturated carbocycles. The van der Waals surface area contributed by atoms with E-state index in [1.165, 1.54) is 5.56 Å². The summed E-state index contributed by atoms with van der Waals surface area (Å²) in [7, 11) is 0. The van der Waals surface area contributed by atoms with Gasteiger partial charge in [0.1, 0.15) is 0 Å². The van der Waals surface area contributed by atoms with Crippen LogP contribution in [0.3, 0.4) is 0 Å². The smallest absolute Gasteiger partial charge is 0.255 e. The van der Waals surface area contributed by atoms with Crippen molar-refractivity contribution < 1.29 is 9.59 Å². The quantitative estimate of drug-likeness (QED) is 0.640. The van der Waals surface area contributed by atoms with Crippen molar-refractivity contribution in [3.8, 4) is 0 Å². The SMILES string of the molecule is CC(C)c1cccc(NC(=O)c2ccc(C(=O)c3ccccc3)cc2)c1. The molecular weight excluding hydrogens is 322 g/mol. The van der Waals surface area contributed by atoms with Gasteiger partial charge in [0.25, 0.3) is 5.91 Å². The summed E-state index contributed by atoms with van der Waals surface area (Å²) in [6.45, 7) is 4.23. The molecule has 3 aromatic rings. The average Bonchev–Trinajstić information content (AvgIpc) is 2.68. The molecule has 0 atom stereocenters. The Morgan fingerprint density at radius 3 is 2.00 bits per heavy atom. The van der Waals surface area contributed by atoms with Crippen LogP contribution in [-0.2, 0) is 0 Å². The molecule has 0 spiro atoms. The van der Waals surface area contributed by atoms with E-state index in [9.17, 15) is 9.59 Å². The topological polar surface area (TPSA) is 46.2 Å². The van der Waals surface area contributed by atoms with E-state index in [0.29, 0.717) is 22.6 Å². The first-order valence-corrected chi connectivity index (χ1v) is 8.66. The van der Waals surface area contributed by atoms with E-state index < -0.39 is 0 Å². The Bertz CT molecular complexity index is 912. The van der Waals surface area contributed by atoms with Crippen LogP contribution < -0.4 is 5.32 Å². The van der Waals surface area contributed by atoms with E-state index in [2.05, 4.69) is 19.2 Å². The number of ketones is 1. The maximum atomic E-state index is 12.5. The van der Waals surface area contributed by atoms with Crippen LogP contribution in [0.15, 0.2) is 78.9 Å². The zero-order valence-electron chi connectivity index (χ0n) is 14.9. The van der Waals surface area contributed by atoms with Crippen LogP contribution in [0.25, 0.3) is 0 Å². The number of nitrogens with one attached hydrogen (secondary N) is 1. The molecule has 130 valence electrons. The van der Waals surface area contributed by atoms with E-state index in [4.69, 9.17) is 0 Å². The number of carbonyl (C=O) groups is 2. The third-order valence-electron chi connectivity index (χ3n) is 4.26. The molecule has 0 fully saturated rings. The lowest BCUT2D eigenvalue weighted by Gasteiger charge is -2.10. The molecule has 0 heterocycles. The number of carbonyl (C=O) groups excluding carboxylic acids is 2. The van der Waals surface area contributed by atoms with Crippen LogP contribution >= 0.6 is 0 Å². The van der Waals surface area contributed by atoms with Crippen LogP contribution in [0.2, 0.25) is 0 Å². The Balaban J connectivity index is 1.73. The van der Waals surface area contributed by atoms with Crippen LogP contribution in [-0.4, -0.2) is 11.7 Å². The summed E-state index contributed by atoms with van der Waals surface area (Å²) >= 11 is 0. The van der Waals surface area contributed by atoms with Crippen molar-refractivity contribution in [2.75, 3.05) is 5.32 Å². The van der Waals surface area contributed by atoms with Gasteiger partial charge in [0.15, 0.2) is 5.78 Å². The summed E-state index contributed by atoms with van der Waals surface area (Å²) in [4.78, 5) is 24.9. The molecular formula is C23H21NO2. The molecule has 3 heteroatoms. The summed E-state index contributed by atoms with van der Waals surface area (Å²) in [5.41, 5.74) is 3.66. The molecule has 1 amide bonds. The molecule has 26 heavy (non-hydrogen) atoms.